The first kappa shape index (κ1) is 13.8. The summed E-state index contributed by atoms with van der Waals surface area (Å²) in [6.07, 6.45) is 0.137. The van der Waals surface area contributed by atoms with E-state index < -0.39 is 0 Å². The third-order valence-electron chi connectivity index (χ3n) is 3.56. The Morgan fingerprint density at radius 1 is 1.29 bits per heavy atom. The van der Waals surface area contributed by atoms with E-state index in [1.54, 1.807) is 0 Å². The number of amides is 1. The summed E-state index contributed by atoms with van der Waals surface area (Å²) < 4.78 is 0. The SMILES string of the molecule is Cc1ccc2c(C)nc(NC3NC(=O)CC(C)N3)nc2c1. The van der Waals surface area contributed by atoms with Gasteiger partial charge >= 0.3 is 0 Å². The summed E-state index contributed by atoms with van der Waals surface area (Å²) >= 11 is 0. The summed E-state index contributed by atoms with van der Waals surface area (Å²) in [6, 6.07) is 6.24. The molecule has 1 amide bonds. The summed E-state index contributed by atoms with van der Waals surface area (Å²) in [6.45, 7) is 5.97. The lowest BCUT2D eigenvalue weighted by atomic mass is 10.1. The Balaban J connectivity index is 1.88. The molecule has 0 radical (unpaired) electrons. The number of aromatic nitrogens is 2. The molecule has 2 heterocycles. The summed E-state index contributed by atoms with van der Waals surface area (Å²) in [5, 5.41) is 10.3. The third kappa shape index (κ3) is 2.95. The average Bonchev–Trinajstić information content (AvgIpc) is 2.36. The van der Waals surface area contributed by atoms with E-state index in [9.17, 15) is 4.79 Å². The topological polar surface area (TPSA) is 78.9 Å². The number of nitrogens with zero attached hydrogens (tertiary/aromatic N) is 2. The molecule has 1 aromatic carbocycles. The van der Waals surface area contributed by atoms with E-state index in [-0.39, 0.29) is 18.2 Å². The van der Waals surface area contributed by atoms with E-state index in [0.29, 0.717) is 12.4 Å². The summed E-state index contributed by atoms with van der Waals surface area (Å²) in [5.41, 5.74) is 2.97. The maximum atomic E-state index is 11.6. The molecule has 2 atom stereocenters. The second kappa shape index (κ2) is 5.29. The number of rotatable bonds is 2. The molecule has 1 aliphatic rings. The van der Waals surface area contributed by atoms with Crippen molar-refractivity contribution in [2.45, 2.75) is 39.5 Å². The highest BCUT2D eigenvalue weighted by molar-refractivity contribution is 5.82. The van der Waals surface area contributed by atoms with E-state index in [2.05, 4.69) is 32.0 Å². The first-order chi connectivity index (χ1) is 10.0. The van der Waals surface area contributed by atoms with Crippen molar-refractivity contribution >= 4 is 22.8 Å². The molecule has 2 aromatic rings. The molecule has 1 aromatic heterocycles. The highest BCUT2D eigenvalue weighted by Crippen LogP contribution is 2.18. The van der Waals surface area contributed by atoms with E-state index in [1.165, 1.54) is 0 Å². The lowest BCUT2D eigenvalue weighted by Crippen LogP contribution is -2.59. The average molecular weight is 285 g/mol. The molecule has 110 valence electrons. The third-order valence-corrected chi connectivity index (χ3v) is 3.56. The van der Waals surface area contributed by atoms with Gasteiger partial charge in [-0.2, -0.15) is 0 Å². The minimum atomic E-state index is -0.345. The van der Waals surface area contributed by atoms with Crippen LogP contribution < -0.4 is 16.0 Å². The van der Waals surface area contributed by atoms with E-state index in [0.717, 1.165) is 22.2 Å². The Kier molecular flexibility index (Phi) is 3.47. The molecule has 21 heavy (non-hydrogen) atoms. The van der Waals surface area contributed by atoms with Gasteiger partial charge in [0.1, 0.15) is 0 Å². The Bertz CT molecular complexity index is 700. The first-order valence-electron chi connectivity index (χ1n) is 7.08. The molecular formula is C15H19N5O. The Hall–Kier alpha value is -2.21. The number of hydrogen-bond donors (Lipinski definition) is 3. The maximum absolute atomic E-state index is 11.6. The van der Waals surface area contributed by atoms with Crippen molar-refractivity contribution in [2.75, 3.05) is 5.32 Å². The van der Waals surface area contributed by atoms with Crippen molar-refractivity contribution in [3.8, 4) is 0 Å². The Morgan fingerprint density at radius 2 is 2.10 bits per heavy atom. The van der Waals surface area contributed by atoms with Crippen molar-refractivity contribution in [2.24, 2.45) is 0 Å². The zero-order chi connectivity index (χ0) is 15.0. The van der Waals surface area contributed by atoms with Crippen LogP contribution >= 0.6 is 0 Å². The number of benzene rings is 1. The largest absolute Gasteiger partial charge is 0.323 e. The smallest absolute Gasteiger partial charge is 0.226 e. The Morgan fingerprint density at radius 3 is 2.86 bits per heavy atom. The van der Waals surface area contributed by atoms with Gasteiger partial charge in [0.15, 0.2) is 6.29 Å². The molecule has 6 nitrogen and oxygen atoms in total. The number of carbonyl (C=O) groups excluding carboxylic acids is 1. The zero-order valence-corrected chi connectivity index (χ0v) is 12.4. The van der Waals surface area contributed by atoms with Gasteiger partial charge in [-0.05, 0) is 32.4 Å². The molecule has 2 unspecified atom stereocenters. The molecule has 1 aliphatic heterocycles. The molecule has 1 saturated heterocycles. The van der Waals surface area contributed by atoms with Crippen molar-refractivity contribution < 1.29 is 4.79 Å². The first-order valence-corrected chi connectivity index (χ1v) is 7.08. The summed E-state index contributed by atoms with van der Waals surface area (Å²) in [5.74, 6) is 0.532. The van der Waals surface area contributed by atoms with Crippen LogP contribution in [-0.4, -0.2) is 28.2 Å². The molecule has 0 aliphatic carbocycles. The molecular weight excluding hydrogens is 266 g/mol. The van der Waals surface area contributed by atoms with Crippen LogP contribution in [0.4, 0.5) is 5.95 Å². The standard InChI is InChI=1S/C15H19N5O/c1-8-4-5-11-10(3)17-15(18-12(11)6-8)20-14-16-9(2)7-13(21)19-14/h4-6,9,14,16H,7H2,1-3H3,(H,19,21)(H,17,18,20). The van der Waals surface area contributed by atoms with Gasteiger partial charge in [0.2, 0.25) is 11.9 Å². The fourth-order valence-electron chi connectivity index (χ4n) is 2.55. The van der Waals surface area contributed by atoms with Crippen LogP contribution in [0.2, 0.25) is 0 Å². The summed E-state index contributed by atoms with van der Waals surface area (Å²) in [7, 11) is 0. The van der Waals surface area contributed by atoms with Crippen LogP contribution in [0.5, 0.6) is 0 Å². The monoisotopic (exact) mass is 285 g/mol. The van der Waals surface area contributed by atoms with Gasteiger partial charge in [-0.15, -0.1) is 0 Å². The zero-order valence-electron chi connectivity index (χ0n) is 12.4. The van der Waals surface area contributed by atoms with Crippen LogP contribution in [0, 0.1) is 13.8 Å². The van der Waals surface area contributed by atoms with Crippen LogP contribution in [-0.2, 0) is 4.79 Å². The van der Waals surface area contributed by atoms with Gasteiger partial charge in [-0.25, -0.2) is 9.97 Å². The second-order valence-electron chi connectivity index (χ2n) is 5.57. The number of nitrogens with one attached hydrogen (secondary N) is 3. The van der Waals surface area contributed by atoms with Gasteiger partial charge in [0.25, 0.3) is 0 Å². The maximum Gasteiger partial charge on any atom is 0.226 e. The van der Waals surface area contributed by atoms with Crippen LogP contribution in [0.15, 0.2) is 18.2 Å². The highest BCUT2D eigenvalue weighted by Gasteiger charge is 2.23. The van der Waals surface area contributed by atoms with Crippen molar-refractivity contribution in [1.82, 2.24) is 20.6 Å². The molecule has 0 bridgehead atoms. The van der Waals surface area contributed by atoms with E-state index in [4.69, 9.17) is 0 Å². The number of fused-ring (bicyclic) bond motifs is 1. The predicted octanol–water partition coefficient (Wildman–Crippen LogP) is 1.44. The van der Waals surface area contributed by atoms with Crippen LogP contribution in [0.25, 0.3) is 10.9 Å². The lowest BCUT2D eigenvalue weighted by Gasteiger charge is -2.30. The molecule has 3 N–H and O–H groups in total. The number of carbonyl (C=O) groups is 1. The number of anilines is 1. The molecule has 0 saturated carbocycles. The normalized spacial score (nSPS) is 22.1. The number of hydrogen-bond acceptors (Lipinski definition) is 5. The second-order valence-corrected chi connectivity index (χ2v) is 5.57. The van der Waals surface area contributed by atoms with Gasteiger partial charge in [-0.3, -0.25) is 10.1 Å². The van der Waals surface area contributed by atoms with E-state index >= 15 is 0 Å². The minimum absolute atomic E-state index is 0.0205. The van der Waals surface area contributed by atoms with Gasteiger partial charge in [-0.1, -0.05) is 12.1 Å². The lowest BCUT2D eigenvalue weighted by molar-refractivity contribution is -0.123. The molecule has 6 heteroatoms. The fraction of sp³-hybridized carbons (Fsp3) is 0.400. The highest BCUT2D eigenvalue weighted by atomic mass is 16.2. The quantitative estimate of drug-likeness (QED) is 0.778. The Labute approximate surface area is 123 Å². The summed E-state index contributed by atoms with van der Waals surface area (Å²) in [4.78, 5) is 20.6. The van der Waals surface area contributed by atoms with Gasteiger partial charge in [0.05, 0.1) is 11.2 Å². The fourth-order valence-corrected chi connectivity index (χ4v) is 2.55. The van der Waals surface area contributed by atoms with Crippen molar-refractivity contribution in [3.63, 3.8) is 0 Å². The van der Waals surface area contributed by atoms with Crippen LogP contribution in [0.1, 0.15) is 24.6 Å². The molecule has 3 rings (SSSR count). The predicted molar refractivity (Wildman–Crippen MR) is 81.8 cm³/mol. The van der Waals surface area contributed by atoms with Crippen LogP contribution in [0.3, 0.4) is 0 Å². The van der Waals surface area contributed by atoms with Crippen molar-refractivity contribution in [1.29, 1.82) is 0 Å². The van der Waals surface area contributed by atoms with Gasteiger partial charge in [0, 0.05) is 17.8 Å². The van der Waals surface area contributed by atoms with Crippen molar-refractivity contribution in [3.05, 3.63) is 29.5 Å². The van der Waals surface area contributed by atoms with E-state index in [1.807, 2.05) is 32.9 Å². The minimum Gasteiger partial charge on any atom is -0.323 e. The molecule has 0 spiro atoms. The number of aryl methyl sites for hydroxylation is 2. The van der Waals surface area contributed by atoms with Gasteiger partial charge < -0.3 is 10.6 Å². The molecule has 1 fully saturated rings.